The number of hydrogen-bond donors (Lipinski definition) is 0. The Kier molecular flexibility index (Phi) is 6.73. The van der Waals surface area contributed by atoms with Crippen molar-refractivity contribution in [2.45, 2.75) is 13.8 Å². The Morgan fingerprint density at radius 3 is 1.13 bits per heavy atom. The summed E-state index contributed by atoms with van der Waals surface area (Å²) in [5, 5.41) is 12.5. The van der Waals surface area contributed by atoms with E-state index in [2.05, 4.69) is 158 Å². The molecule has 0 radical (unpaired) electrons. The molecule has 250 valence electrons. The number of rotatable bonds is 4. The average molecular weight is 744 g/mol. The Balaban J connectivity index is 1.12. The van der Waals surface area contributed by atoms with Gasteiger partial charge in [-0.25, -0.2) is 0 Å². The van der Waals surface area contributed by atoms with Gasteiger partial charge < -0.3 is 0 Å². The van der Waals surface area contributed by atoms with Crippen molar-refractivity contribution in [2.75, 3.05) is 0 Å². The first-order chi connectivity index (χ1) is 26.1. The number of furan rings is 2. The molecule has 0 unspecified atom stereocenters. The van der Waals surface area contributed by atoms with Crippen molar-refractivity contribution in [1.29, 1.82) is 0 Å². The maximum absolute atomic E-state index is 6.24. The average Bonchev–Trinajstić information content (AvgIpc) is 3.93. The van der Waals surface area contributed by atoms with Crippen LogP contribution < -0.4 is 0 Å². The van der Waals surface area contributed by atoms with Crippen LogP contribution in [0.5, 0.6) is 0 Å². The predicted molar refractivity (Wildman–Crippen MR) is 224 cm³/mol. The molecule has 0 amide bonds. The summed E-state index contributed by atoms with van der Waals surface area (Å²) in [6.45, 7) is 4.02. The zero-order valence-electron chi connectivity index (χ0n) is 29.2. The van der Waals surface area contributed by atoms with E-state index in [0.29, 0.717) is 0 Å². The second-order valence-electron chi connectivity index (χ2n) is 14.0. The molecule has 0 aliphatic rings. The standard InChI is InChI=1S/C50H32O2Se/c1-29-19-24-43(51-29)49-38-15-7-3-11-34(38)47(35-12-4-8-16-39(35)49)31-22-26-45-42(27-31)33-23-21-32(28-46(33)53-45)48-36-13-5-9-17-40(36)50(44-25-20-30(2)52-44)41-18-10-6-14-37(41)48/h3-28H,1-2H3. The van der Waals surface area contributed by atoms with Gasteiger partial charge in [0.25, 0.3) is 0 Å². The van der Waals surface area contributed by atoms with Gasteiger partial charge in [0.1, 0.15) is 0 Å². The summed E-state index contributed by atoms with van der Waals surface area (Å²) in [5.74, 6) is 3.66. The topological polar surface area (TPSA) is 26.3 Å². The monoisotopic (exact) mass is 744 g/mol. The van der Waals surface area contributed by atoms with Gasteiger partial charge in [0.2, 0.25) is 0 Å². The fraction of sp³-hybridized carbons (Fsp3) is 0.0400. The summed E-state index contributed by atoms with van der Waals surface area (Å²) >= 11 is 0.196. The molecule has 0 aliphatic heterocycles. The number of fused-ring (bicyclic) bond motifs is 7. The summed E-state index contributed by atoms with van der Waals surface area (Å²) in [5.41, 5.74) is 7.37. The molecule has 3 heteroatoms. The number of aryl methyl sites for hydroxylation is 2. The van der Waals surface area contributed by atoms with E-state index < -0.39 is 0 Å². The van der Waals surface area contributed by atoms with E-state index in [4.69, 9.17) is 8.83 Å². The summed E-state index contributed by atoms with van der Waals surface area (Å²) in [6.07, 6.45) is 0. The van der Waals surface area contributed by atoms with Crippen molar-refractivity contribution in [2.24, 2.45) is 0 Å². The molecule has 0 saturated heterocycles. The minimum absolute atomic E-state index is 0.196. The zero-order valence-corrected chi connectivity index (χ0v) is 30.9. The van der Waals surface area contributed by atoms with Gasteiger partial charge in [-0.3, -0.25) is 0 Å². The normalized spacial score (nSPS) is 12.0. The van der Waals surface area contributed by atoms with Gasteiger partial charge in [0.05, 0.1) is 0 Å². The Bertz CT molecular complexity index is 3150. The molecule has 3 aromatic heterocycles. The van der Waals surface area contributed by atoms with E-state index in [9.17, 15) is 0 Å². The first-order valence-electron chi connectivity index (χ1n) is 18.1. The van der Waals surface area contributed by atoms with Crippen LogP contribution in [-0.4, -0.2) is 14.5 Å². The van der Waals surface area contributed by atoms with Crippen LogP contribution in [-0.2, 0) is 0 Å². The molecule has 11 rings (SSSR count). The Morgan fingerprint density at radius 2 is 0.717 bits per heavy atom. The van der Waals surface area contributed by atoms with Crippen molar-refractivity contribution in [3.8, 4) is 44.9 Å². The molecule has 0 bridgehead atoms. The quantitative estimate of drug-likeness (QED) is 0.133. The SMILES string of the molecule is Cc1ccc(-c2c3ccccc3c(-c3ccc4c(c3)[se]c3ccc(-c5c6ccccc6c(-c6ccc(C)o6)c6ccccc56)cc34)c3ccccc23)o1. The number of benzene rings is 8. The van der Waals surface area contributed by atoms with Crippen molar-refractivity contribution in [3.63, 3.8) is 0 Å². The fourth-order valence-corrected chi connectivity index (χ4v) is 11.0. The predicted octanol–water partition coefficient (Wildman–Crippen LogP) is 14.1. The Labute approximate surface area is 312 Å². The minimum atomic E-state index is 0.196. The van der Waals surface area contributed by atoms with Gasteiger partial charge in [-0.2, -0.15) is 0 Å². The molecular formula is C50H32O2Se. The molecule has 0 spiro atoms. The molecule has 8 aromatic carbocycles. The van der Waals surface area contributed by atoms with Gasteiger partial charge in [-0.05, 0) is 0 Å². The second-order valence-corrected chi connectivity index (χ2v) is 16.3. The molecule has 11 aromatic rings. The molecule has 3 heterocycles. The first kappa shape index (κ1) is 30.5. The summed E-state index contributed by atoms with van der Waals surface area (Å²) in [4.78, 5) is 0. The molecular weight excluding hydrogens is 712 g/mol. The Morgan fingerprint density at radius 1 is 0.321 bits per heavy atom. The van der Waals surface area contributed by atoms with E-state index in [1.807, 2.05) is 13.8 Å². The van der Waals surface area contributed by atoms with E-state index in [-0.39, 0.29) is 14.5 Å². The van der Waals surface area contributed by atoms with E-state index >= 15 is 0 Å². The summed E-state index contributed by atoms with van der Waals surface area (Å²) in [7, 11) is 0. The van der Waals surface area contributed by atoms with Crippen molar-refractivity contribution < 1.29 is 8.83 Å². The van der Waals surface area contributed by atoms with Crippen LogP contribution in [0.4, 0.5) is 0 Å². The van der Waals surface area contributed by atoms with Gasteiger partial charge >= 0.3 is 314 Å². The third-order valence-electron chi connectivity index (χ3n) is 10.9. The fourth-order valence-electron chi connectivity index (χ4n) is 8.64. The van der Waals surface area contributed by atoms with Crippen molar-refractivity contribution >= 4 is 76.9 Å². The molecule has 53 heavy (non-hydrogen) atoms. The van der Waals surface area contributed by atoms with E-state index in [1.165, 1.54) is 84.6 Å². The van der Waals surface area contributed by atoms with Gasteiger partial charge in [0, 0.05) is 0 Å². The van der Waals surface area contributed by atoms with Crippen LogP contribution in [0.1, 0.15) is 11.5 Å². The maximum atomic E-state index is 6.24. The van der Waals surface area contributed by atoms with Crippen LogP contribution >= 0.6 is 0 Å². The first-order valence-corrected chi connectivity index (χ1v) is 19.8. The second kappa shape index (κ2) is 11.7. The molecule has 0 N–H and O–H groups in total. The van der Waals surface area contributed by atoms with Gasteiger partial charge in [0.15, 0.2) is 0 Å². The molecule has 2 nitrogen and oxygen atoms in total. The van der Waals surface area contributed by atoms with E-state index in [0.717, 1.165) is 34.2 Å². The summed E-state index contributed by atoms with van der Waals surface area (Å²) < 4.78 is 15.3. The van der Waals surface area contributed by atoms with Gasteiger partial charge in [-0.1, -0.05) is 0 Å². The molecule has 0 atom stereocenters. The zero-order chi connectivity index (χ0) is 35.2. The molecule has 0 aliphatic carbocycles. The van der Waals surface area contributed by atoms with Gasteiger partial charge in [-0.15, -0.1) is 0 Å². The van der Waals surface area contributed by atoms with Crippen molar-refractivity contribution in [3.05, 3.63) is 169 Å². The van der Waals surface area contributed by atoms with Crippen molar-refractivity contribution in [1.82, 2.24) is 0 Å². The summed E-state index contributed by atoms with van der Waals surface area (Å²) in [6, 6.07) is 57.8. The third kappa shape index (κ3) is 4.65. The molecule has 0 fully saturated rings. The third-order valence-corrected chi connectivity index (χ3v) is 13.3. The van der Waals surface area contributed by atoms with Crippen LogP contribution in [0.25, 0.3) is 107 Å². The Hall–Kier alpha value is -6.12. The van der Waals surface area contributed by atoms with Crippen LogP contribution in [0.2, 0.25) is 0 Å². The van der Waals surface area contributed by atoms with Crippen LogP contribution in [0.15, 0.2) is 167 Å². The number of hydrogen-bond acceptors (Lipinski definition) is 2. The van der Waals surface area contributed by atoms with E-state index in [1.54, 1.807) is 0 Å². The van der Waals surface area contributed by atoms with Crippen LogP contribution in [0, 0.1) is 13.8 Å². The van der Waals surface area contributed by atoms with Crippen LogP contribution in [0.3, 0.4) is 0 Å². The molecule has 0 saturated carbocycles.